The van der Waals surface area contributed by atoms with E-state index in [1.54, 1.807) is 11.6 Å². The predicted molar refractivity (Wildman–Crippen MR) is 99.3 cm³/mol. The number of thioether (sulfide) groups is 1. The predicted octanol–water partition coefficient (Wildman–Crippen LogP) is 2.85. The number of hydrogen-bond acceptors (Lipinski definition) is 4. The number of halogens is 1. The van der Waals surface area contributed by atoms with Crippen LogP contribution in [0.3, 0.4) is 0 Å². The maximum Gasteiger partial charge on any atom is 0.331 e. The summed E-state index contributed by atoms with van der Waals surface area (Å²) in [6.45, 7) is 5.90. The van der Waals surface area contributed by atoms with Gasteiger partial charge in [-0.15, -0.1) is 11.8 Å². The summed E-state index contributed by atoms with van der Waals surface area (Å²) in [6.07, 6.45) is 0. The molecule has 25 heavy (non-hydrogen) atoms. The molecule has 0 spiro atoms. The smallest absolute Gasteiger partial charge is 0.331 e. The second kappa shape index (κ2) is 5.17. The molecule has 0 fully saturated rings. The first kappa shape index (κ1) is 16.8. The molecule has 0 bridgehead atoms. The topological polar surface area (TPSA) is 53.2 Å². The Morgan fingerprint density at radius 2 is 1.96 bits per heavy atom. The maximum atomic E-state index is 12.9. The Bertz CT molecular complexity index is 1060. The van der Waals surface area contributed by atoms with E-state index in [2.05, 4.69) is 0 Å². The van der Waals surface area contributed by atoms with Gasteiger partial charge in [-0.1, -0.05) is 11.6 Å². The van der Waals surface area contributed by atoms with Crippen LogP contribution in [0, 0.1) is 13.8 Å². The summed E-state index contributed by atoms with van der Waals surface area (Å²) in [7, 11) is 3.21. The molecule has 2 aliphatic heterocycles. The number of hydrogen-bond donors (Lipinski definition) is 0. The van der Waals surface area contributed by atoms with E-state index in [4.69, 9.17) is 16.3 Å². The number of ether oxygens (including phenoxy) is 1. The number of aryl methyl sites for hydroxylation is 1. The van der Waals surface area contributed by atoms with Crippen molar-refractivity contribution in [1.82, 2.24) is 9.13 Å². The number of rotatable bonds is 0. The minimum atomic E-state index is -0.800. The molecule has 2 unspecified atom stereocenters. The normalized spacial score (nSPS) is 23.7. The van der Waals surface area contributed by atoms with E-state index in [9.17, 15) is 9.59 Å². The van der Waals surface area contributed by atoms with E-state index < -0.39 is 5.60 Å². The van der Waals surface area contributed by atoms with Crippen LogP contribution in [0.15, 0.2) is 20.7 Å². The van der Waals surface area contributed by atoms with Gasteiger partial charge in [0.2, 0.25) is 0 Å². The van der Waals surface area contributed by atoms with E-state index in [1.807, 2.05) is 26.8 Å². The average Bonchev–Trinajstić information content (AvgIpc) is 2.86. The monoisotopic (exact) mass is 378 g/mol. The maximum absolute atomic E-state index is 12.9. The van der Waals surface area contributed by atoms with Gasteiger partial charge >= 0.3 is 5.69 Å². The highest BCUT2D eigenvalue weighted by Gasteiger charge is 2.53. The summed E-state index contributed by atoms with van der Waals surface area (Å²) in [5.41, 5.74) is 2.20. The highest BCUT2D eigenvalue weighted by Crippen LogP contribution is 2.57. The fraction of sp³-hybridized carbons (Fsp3) is 0.444. The van der Waals surface area contributed by atoms with Crippen molar-refractivity contribution in [2.75, 3.05) is 5.75 Å². The van der Waals surface area contributed by atoms with E-state index in [0.717, 1.165) is 37.8 Å². The van der Waals surface area contributed by atoms with E-state index in [1.165, 1.54) is 18.8 Å². The van der Waals surface area contributed by atoms with Gasteiger partial charge in [0.05, 0.1) is 10.6 Å². The molecule has 1 aromatic carbocycles. The van der Waals surface area contributed by atoms with Crippen LogP contribution in [0.2, 0.25) is 5.02 Å². The third-order valence-electron chi connectivity index (χ3n) is 5.52. The van der Waals surface area contributed by atoms with E-state index >= 15 is 0 Å². The molecule has 2 aromatic rings. The number of fused-ring (bicyclic) bond motifs is 5. The largest absolute Gasteiger partial charge is 0.482 e. The lowest BCUT2D eigenvalue weighted by atomic mass is 9.80. The molecule has 0 saturated heterocycles. The van der Waals surface area contributed by atoms with Crippen LogP contribution in [-0.4, -0.2) is 14.9 Å². The van der Waals surface area contributed by atoms with Crippen molar-refractivity contribution in [2.24, 2.45) is 14.1 Å². The Morgan fingerprint density at radius 3 is 2.64 bits per heavy atom. The highest BCUT2D eigenvalue weighted by molar-refractivity contribution is 7.99. The van der Waals surface area contributed by atoms with Gasteiger partial charge in [0.15, 0.2) is 0 Å². The van der Waals surface area contributed by atoms with Crippen molar-refractivity contribution in [2.45, 2.75) is 37.3 Å². The zero-order valence-corrected chi connectivity index (χ0v) is 16.3. The van der Waals surface area contributed by atoms with Crippen LogP contribution >= 0.6 is 23.4 Å². The zero-order valence-electron chi connectivity index (χ0n) is 14.8. The van der Waals surface area contributed by atoms with Crippen molar-refractivity contribution < 1.29 is 4.74 Å². The van der Waals surface area contributed by atoms with E-state index in [-0.39, 0.29) is 17.2 Å². The fourth-order valence-corrected chi connectivity index (χ4v) is 5.75. The van der Waals surface area contributed by atoms with Crippen molar-refractivity contribution in [3.05, 3.63) is 54.2 Å². The highest BCUT2D eigenvalue weighted by atomic mass is 35.5. The first-order valence-corrected chi connectivity index (χ1v) is 9.46. The molecular weight excluding hydrogens is 360 g/mol. The lowest BCUT2D eigenvalue weighted by Crippen LogP contribution is -2.49. The van der Waals surface area contributed by atoms with Gasteiger partial charge in [-0.25, -0.2) is 4.79 Å². The first-order chi connectivity index (χ1) is 11.7. The first-order valence-electron chi connectivity index (χ1n) is 8.10. The van der Waals surface area contributed by atoms with Gasteiger partial charge < -0.3 is 4.74 Å². The lowest BCUT2D eigenvalue weighted by Gasteiger charge is -2.36. The Balaban J connectivity index is 2.04. The third-order valence-corrected chi connectivity index (χ3v) is 7.35. The molecule has 2 atom stereocenters. The minimum Gasteiger partial charge on any atom is -0.482 e. The second-order valence-electron chi connectivity index (χ2n) is 7.00. The van der Waals surface area contributed by atoms with Gasteiger partial charge in [0.25, 0.3) is 5.56 Å². The molecule has 0 radical (unpaired) electrons. The zero-order chi connectivity index (χ0) is 18.3. The van der Waals surface area contributed by atoms with Gasteiger partial charge in [-0.05, 0) is 38.0 Å². The molecule has 7 heteroatoms. The van der Waals surface area contributed by atoms with Gasteiger partial charge in [0, 0.05) is 36.4 Å². The SMILES string of the molecule is Cc1cc2c(c(C)c1Cl)C1CSc3c(c(=O)n(C)c(=O)n3C)C1(C)O2. The number of benzene rings is 1. The van der Waals surface area contributed by atoms with Crippen molar-refractivity contribution in [3.8, 4) is 5.75 Å². The van der Waals surface area contributed by atoms with Crippen molar-refractivity contribution >= 4 is 23.4 Å². The summed E-state index contributed by atoms with van der Waals surface area (Å²) in [4.78, 5) is 25.2. The molecular formula is C18H19ClN2O3S. The molecule has 2 aliphatic rings. The standard InChI is InChI=1S/C18H19ClN2O3S/c1-8-6-11-12(9(2)14(8)19)10-7-25-16-13(18(10,3)24-11)15(22)20(4)17(23)21(16)5/h6,10H,7H2,1-5H3. The van der Waals surface area contributed by atoms with Crippen LogP contribution in [0.5, 0.6) is 5.75 Å². The molecule has 4 rings (SSSR count). The summed E-state index contributed by atoms with van der Waals surface area (Å²) < 4.78 is 9.07. The number of nitrogens with zero attached hydrogens (tertiary/aromatic N) is 2. The Hall–Kier alpha value is -1.66. The van der Waals surface area contributed by atoms with Crippen molar-refractivity contribution in [3.63, 3.8) is 0 Å². The van der Waals surface area contributed by atoms with Crippen LogP contribution in [-0.2, 0) is 19.7 Å². The van der Waals surface area contributed by atoms with Crippen molar-refractivity contribution in [1.29, 1.82) is 0 Å². The molecule has 1 aromatic heterocycles. The minimum absolute atomic E-state index is 0.0169. The Morgan fingerprint density at radius 1 is 1.28 bits per heavy atom. The molecule has 0 aliphatic carbocycles. The van der Waals surface area contributed by atoms with Gasteiger partial charge in [0.1, 0.15) is 11.4 Å². The lowest BCUT2D eigenvalue weighted by molar-refractivity contribution is 0.0840. The molecule has 0 saturated carbocycles. The second-order valence-corrected chi connectivity index (χ2v) is 8.39. The molecule has 5 nitrogen and oxygen atoms in total. The average molecular weight is 379 g/mol. The molecule has 3 heterocycles. The molecule has 0 N–H and O–H groups in total. The Kier molecular flexibility index (Phi) is 3.48. The quantitative estimate of drug-likeness (QED) is 0.661. The molecule has 0 amide bonds. The summed E-state index contributed by atoms with van der Waals surface area (Å²) in [5, 5.41) is 1.44. The van der Waals surface area contributed by atoms with Gasteiger partial charge in [-0.3, -0.25) is 13.9 Å². The van der Waals surface area contributed by atoms with E-state index in [0.29, 0.717) is 10.6 Å². The molecule has 132 valence electrons. The fourth-order valence-electron chi connectivity index (χ4n) is 4.08. The third kappa shape index (κ3) is 1.98. The van der Waals surface area contributed by atoms with Crippen LogP contribution in [0.1, 0.15) is 35.1 Å². The summed E-state index contributed by atoms with van der Waals surface area (Å²) >= 11 is 8.00. The van der Waals surface area contributed by atoms with Crippen LogP contribution < -0.4 is 16.0 Å². The summed E-state index contributed by atoms with van der Waals surface area (Å²) in [6, 6.07) is 1.95. The van der Waals surface area contributed by atoms with Gasteiger partial charge in [-0.2, -0.15) is 0 Å². The van der Waals surface area contributed by atoms with Crippen LogP contribution in [0.4, 0.5) is 0 Å². The Labute approximate surface area is 154 Å². The number of aromatic nitrogens is 2. The summed E-state index contributed by atoms with van der Waals surface area (Å²) in [5.74, 6) is 1.54. The van der Waals surface area contributed by atoms with Crippen LogP contribution in [0.25, 0.3) is 0 Å².